The highest BCUT2D eigenvalue weighted by Gasteiger charge is 2.10. The Hall–Kier alpha value is -3.15. The maximum Gasteiger partial charge on any atom is 0.338 e. The summed E-state index contributed by atoms with van der Waals surface area (Å²) < 4.78 is 5.23. The molecule has 0 aliphatic carbocycles. The molecule has 0 saturated carbocycles. The largest absolute Gasteiger partial charge is 0.459 e. The Morgan fingerprint density at radius 2 is 1.75 bits per heavy atom. The number of benzene rings is 2. The van der Waals surface area contributed by atoms with Crippen LogP contribution in [0, 0.1) is 0 Å². The molecule has 24 heavy (non-hydrogen) atoms. The highest BCUT2D eigenvalue weighted by molar-refractivity contribution is 5.91. The molecule has 2 aromatic rings. The molecule has 0 heterocycles. The van der Waals surface area contributed by atoms with Crippen LogP contribution in [0.1, 0.15) is 29.8 Å². The van der Waals surface area contributed by atoms with Gasteiger partial charge in [-0.15, -0.1) is 5.10 Å². The lowest BCUT2D eigenvalue weighted by atomic mass is 10.0. The molecule has 2 rings (SSSR count). The van der Waals surface area contributed by atoms with Crippen LogP contribution >= 0.6 is 0 Å². The predicted molar refractivity (Wildman–Crippen MR) is 95.8 cm³/mol. The van der Waals surface area contributed by atoms with Gasteiger partial charge >= 0.3 is 5.97 Å². The first kappa shape index (κ1) is 17.2. The number of guanidine groups is 1. The molecule has 0 saturated heterocycles. The average molecular weight is 324 g/mol. The van der Waals surface area contributed by atoms with Crippen LogP contribution in [-0.4, -0.2) is 24.2 Å². The summed E-state index contributed by atoms with van der Waals surface area (Å²) in [6.45, 7) is 3.64. The number of ether oxygens (including phenoxy) is 1. The SMILES string of the molecule is CC(C)OC(=O)c1cccc(-c2cccc(C=NN=C(N)N)c2)c1. The Balaban J connectivity index is 2.27. The minimum absolute atomic E-state index is 0.0984. The zero-order valence-electron chi connectivity index (χ0n) is 13.6. The van der Waals surface area contributed by atoms with E-state index in [2.05, 4.69) is 10.2 Å². The van der Waals surface area contributed by atoms with Crippen molar-refractivity contribution in [2.45, 2.75) is 20.0 Å². The zero-order chi connectivity index (χ0) is 17.5. The van der Waals surface area contributed by atoms with E-state index in [-0.39, 0.29) is 18.0 Å². The maximum atomic E-state index is 12.0. The van der Waals surface area contributed by atoms with Gasteiger partial charge in [-0.2, -0.15) is 5.10 Å². The van der Waals surface area contributed by atoms with Gasteiger partial charge in [0.2, 0.25) is 5.96 Å². The summed E-state index contributed by atoms with van der Waals surface area (Å²) in [4.78, 5) is 12.0. The maximum absolute atomic E-state index is 12.0. The topological polar surface area (TPSA) is 103 Å². The third-order valence-corrected chi connectivity index (χ3v) is 3.04. The van der Waals surface area contributed by atoms with E-state index in [0.29, 0.717) is 5.56 Å². The quantitative estimate of drug-likeness (QED) is 0.382. The van der Waals surface area contributed by atoms with Crippen molar-refractivity contribution in [2.75, 3.05) is 0 Å². The zero-order valence-corrected chi connectivity index (χ0v) is 13.6. The Labute approximate surface area is 140 Å². The molecular weight excluding hydrogens is 304 g/mol. The van der Waals surface area contributed by atoms with Gasteiger partial charge in [0.1, 0.15) is 0 Å². The third kappa shape index (κ3) is 4.95. The van der Waals surface area contributed by atoms with E-state index < -0.39 is 0 Å². The summed E-state index contributed by atoms with van der Waals surface area (Å²) in [6.07, 6.45) is 1.40. The number of carbonyl (C=O) groups is 1. The van der Waals surface area contributed by atoms with Crippen LogP contribution in [0.4, 0.5) is 0 Å². The monoisotopic (exact) mass is 324 g/mol. The van der Waals surface area contributed by atoms with Crippen LogP contribution in [0.25, 0.3) is 11.1 Å². The lowest BCUT2D eigenvalue weighted by Gasteiger charge is -2.09. The number of rotatable bonds is 5. The predicted octanol–water partition coefficient (Wildman–Crippen LogP) is 2.53. The number of nitrogens with zero attached hydrogens (tertiary/aromatic N) is 2. The molecule has 0 spiro atoms. The summed E-state index contributed by atoms with van der Waals surface area (Å²) in [7, 11) is 0. The van der Waals surface area contributed by atoms with E-state index in [4.69, 9.17) is 16.2 Å². The van der Waals surface area contributed by atoms with Gasteiger partial charge in [0, 0.05) is 0 Å². The van der Waals surface area contributed by atoms with Crippen LogP contribution in [0.2, 0.25) is 0 Å². The van der Waals surface area contributed by atoms with Gasteiger partial charge in [-0.25, -0.2) is 4.79 Å². The van der Waals surface area contributed by atoms with Gasteiger partial charge in [0.15, 0.2) is 0 Å². The Bertz CT molecular complexity index is 778. The second kappa shape index (κ2) is 7.92. The molecule has 0 radical (unpaired) electrons. The first-order valence-electron chi connectivity index (χ1n) is 7.49. The van der Waals surface area contributed by atoms with Crippen molar-refractivity contribution in [1.29, 1.82) is 0 Å². The molecule has 0 unspecified atom stereocenters. The molecule has 0 fully saturated rings. The molecule has 0 aliphatic heterocycles. The first-order valence-corrected chi connectivity index (χ1v) is 7.49. The lowest BCUT2D eigenvalue weighted by Crippen LogP contribution is -2.21. The second-order valence-corrected chi connectivity index (χ2v) is 5.43. The van der Waals surface area contributed by atoms with Crippen molar-refractivity contribution in [3.8, 4) is 11.1 Å². The first-order chi connectivity index (χ1) is 11.5. The standard InChI is InChI=1S/C18H20N4O2/c1-12(2)24-17(23)16-8-4-7-15(10-16)14-6-3-5-13(9-14)11-21-22-18(19)20/h3-12H,1-2H3,(H4,19,20,22). The van der Waals surface area contributed by atoms with Gasteiger partial charge in [0.05, 0.1) is 17.9 Å². The Kier molecular flexibility index (Phi) is 5.68. The van der Waals surface area contributed by atoms with Gasteiger partial charge in [-0.1, -0.05) is 30.3 Å². The molecule has 6 nitrogen and oxygen atoms in total. The van der Waals surface area contributed by atoms with E-state index in [0.717, 1.165) is 16.7 Å². The number of hydrogen-bond donors (Lipinski definition) is 2. The van der Waals surface area contributed by atoms with Crippen LogP contribution in [0.3, 0.4) is 0 Å². The smallest absolute Gasteiger partial charge is 0.338 e. The average Bonchev–Trinajstić information content (AvgIpc) is 2.54. The number of nitrogens with two attached hydrogens (primary N) is 2. The van der Waals surface area contributed by atoms with Gasteiger partial charge in [-0.05, 0) is 48.7 Å². The van der Waals surface area contributed by atoms with Crippen LogP contribution in [-0.2, 0) is 4.74 Å². The van der Waals surface area contributed by atoms with Crippen molar-refractivity contribution in [2.24, 2.45) is 21.7 Å². The minimum atomic E-state index is -0.336. The van der Waals surface area contributed by atoms with Crippen molar-refractivity contribution in [3.05, 3.63) is 59.7 Å². The number of esters is 1. The summed E-state index contributed by atoms with van der Waals surface area (Å²) in [5.41, 5.74) is 13.7. The van der Waals surface area contributed by atoms with E-state index in [1.54, 1.807) is 18.3 Å². The molecule has 0 bridgehead atoms. The summed E-state index contributed by atoms with van der Waals surface area (Å²) in [5, 5.41) is 7.36. The van der Waals surface area contributed by atoms with Crippen LogP contribution < -0.4 is 11.5 Å². The molecule has 4 N–H and O–H groups in total. The fourth-order valence-electron chi connectivity index (χ4n) is 2.07. The highest BCUT2D eigenvalue weighted by atomic mass is 16.5. The summed E-state index contributed by atoms with van der Waals surface area (Å²) >= 11 is 0. The van der Waals surface area contributed by atoms with Crippen molar-refractivity contribution in [1.82, 2.24) is 0 Å². The molecule has 0 atom stereocenters. The molecule has 0 amide bonds. The molecule has 0 aromatic heterocycles. The second-order valence-electron chi connectivity index (χ2n) is 5.43. The van der Waals surface area contributed by atoms with Crippen LogP contribution in [0.15, 0.2) is 58.7 Å². The van der Waals surface area contributed by atoms with E-state index in [1.807, 2.05) is 50.2 Å². The van der Waals surface area contributed by atoms with Gasteiger partial charge in [0.25, 0.3) is 0 Å². The van der Waals surface area contributed by atoms with Gasteiger partial charge < -0.3 is 16.2 Å². The molecule has 2 aromatic carbocycles. The molecule has 6 heteroatoms. The van der Waals surface area contributed by atoms with E-state index in [9.17, 15) is 4.79 Å². The van der Waals surface area contributed by atoms with Crippen molar-refractivity contribution < 1.29 is 9.53 Å². The molecule has 0 aliphatic rings. The normalized spacial score (nSPS) is 10.8. The fourth-order valence-corrected chi connectivity index (χ4v) is 2.07. The number of hydrogen-bond acceptors (Lipinski definition) is 4. The molecule has 124 valence electrons. The number of carbonyl (C=O) groups excluding carboxylic acids is 1. The van der Waals surface area contributed by atoms with Crippen LogP contribution in [0.5, 0.6) is 0 Å². The van der Waals surface area contributed by atoms with Crippen molar-refractivity contribution in [3.63, 3.8) is 0 Å². The fraction of sp³-hybridized carbons (Fsp3) is 0.167. The van der Waals surface area contributed by atoms with E-state index >= 15 is 0 Å². The highest BCUT2D eigenvalue weighted by Crippen LogP contribution is 2.22. The Morgan fingerprint density at radius 3 is 2.42 bits per heavy atom. The van der Waals surface area contributed by atoms with E-state index in [1.165, 1.54) is 0 Å². The summed E-state index contributed by atoms with van der Waals surface area (Å²) in [6, 6.07) is 14.9. The third-order valence-electron chi connectivity index (χ3n) is 3.04. The Morgan fingerprint density at radius 1 is 1.08 bits per heavy atom. The molecular formula is C18H20N4O2. The van der Waals surface area contributed by atoms with Crippen molar-refractivity contribution >= 4 is 18.1 Å². The minimum Gasteiger partial charge on any atom is -0.459 e. The van der Waals surface area contributed by atoms with Gasteiger partial charge in [-0.3, -0.25) is 0 Å². The lowest BCUT2D eigenvalue weighted by molar-refractivity contribution is 0.0378. The summed E-state index contributed by atoms with van der Waals surface area (Å²) in [5.74, 6) is -0.434.